The Morgan fingerprint density at radius 2 is 1.06 bits per heavy atom. The fourth-order valence-corrected chi connectivity index (χ4v) is 5.64. The molecule has 0 spiro atoms. The Morgan fingerprint density at radius 1 is 0.560 bits per heavy atom. The molecule has 290 valence electrons. The molecule has 0 aromatic heterocycles. The van der Waals surface area contributed by atoms with E-state index >= 15 is 0 Å². The van der Waals surface area contributed by atoms with E-state index in [1.54, 1.807) is 6.08 Å². The molecule has 6 heteroatoms. The van der Waals surface area contributed by atoms with Gasteiger partial charge < -0.3 is 19.7 Å². The summed E-state index contributed by atoms with van der Waals surface area (Å²) < 4.78 is 10.2. The quantitative estimate of drug-likeness (QED) is 0.0292. The van der Waals surface area contributed by atoms with E-state index in [1.165, 1.54) is 103 Å². The zero-order valence-electron chi connectivity index (χ0n) is 32.7. The predicted molar refractivity (Wildman–Crippen MR) is 211 cm³/mol. The summed E-state index contributed by atoms with van der Waals surface area (Å²) in [6.07, 6.45) is 43.4. The van der Waals surface area contributed by atoms with Gasteiger partial charge in [-0.3, -0.25) is 9.59 Å². The molecule has 6 nitrogen and oxygen atoms in total. The summed E-state index contributed by atoms with van der Waals surface area (Å²) in [7, 11) is 0. The molecule has 0 fully saturated rings. The molecule has 0 saturated heterocycles. The number of rotatable bonds is 36. The van der Waals surface area contributed by atoms with E-state index < -0.39 is 18.2 Å². The molecule has 2 N–H and O–H groups in total. The van der Waals surface area contributed by atoms with Gasteiger partial charge in [-0.2, -0.15) is 0 Å². The highest BCUT2D eigenvalue weighted by Crippen LogP contribution is 2.16. The summed E-state index contributed by atoms with van der Waals surface area (Å²) in [5, 5.41) is 20.1. The first-order valence-electron chi connectivity index (χ1n) is 20.7. The molecule has 1 unspecified atom stereocenters. The van der Waals surface area contributed by atoms with Gasteiger partial charge in [-0.25, -0.2) is 0 Å². The molecule has 0 bridgehead atoms. The number of hydrogen-bond acceptors (Lipinski definition) is 6. The van der Waals surface area contributed by atoms with Crippen LogP contribution in [0.2, 0.25) is 0 Å². The molecule has 0 rings (SSSR count). The average molecular weight is 703 g/mol. The van der Waals surface area contributed by atoms with Gasteiger partial charge in [-0.05, 0) is 50.9 Å². The van der Waals surface area contributed by atoms with Crippen LogP contribution in [-0.2, 0) is 19.1 Å². The van der Waals surface area contributed by atoms with Crippen LogP contribution < -0.4 is 0 Å². The molecule has 0 amide bonds. The fourth-order valence-electron chi connectivity index (χ4n) is 5.64. The molecule has 50 heavy (non-hydrogen) atoms. The molecule has 0 heterocycles. The number of aliphatic hydroxyl groups excluding tert-OH is 2. The van der Waals surface area contributed by atoms with Crippen molar-refractivity contribution in [3.63, 3.8) is 0 Å². The zero-order chi connectivity index (χ0) is 36.8. The van der Waals surface area contributed by atoms with E-state index in [0.29, 0.717) is 19.3 Å². The molecule has 0 aromatic rings. The summed E-state index contributed by atoms with van der Waals surface area (Å²) in [6.45, 7) is 6.49. The molecule has 0 aliphatic rings. The van der Waals surface area contributed by atoms with Crippen molar-refractivity contribution in [1.82, 2.24) is 0 Å². The van der Waals surface area contributed by atoms with Crippen molar-refractivity contribution in [1.29, 1.82) is 0 Å². The first-order chi connectivity index (χ1) is 24.4. The zero-order valence-corrected chi connectivity index (χ0v) is 32.7. The van der Waals surface area contributed by atoms with E-state index in [-0.39, 0.29) is 25.6 Å². The number of ether oxygens (including phenoxy) is 2. The average Bonchev–Trinajstić information content (AvgIpc) is 3.11. The number of unbranched alkanes of at least 4 members (excludes halogenated alkanes) is 16. The lowest BCUT2D eigenvalue weighted by atomic mass is 9.99. The summed E-state index contributed by atoms with van der Waals surface area (Å²) in [6, 6.07) is 0. The normalized spacial score (nSPS) is 13.9. The minimum Gasteiger partial charge on any atom is -0.463 e. The van der Waals surface area contributed by atoms with Gasteiger partial charge >= 0.3 is 11.9 Å². The number of hydrogen-bond donors (Lipinski definition) is 2. The molecule has 0 aliphatic heterocycles. The Bertz CT molecular complexity index is 876. The lowest BCUT2D eigenvalue weighted by molar-refractivity contribution is -0.152. The Morgan fingerprint density at radius 3 is 1.62 bits per heavy atom. The van der Waals surface area contributed by atoms with Crippen LogP contribution in [0.4, 0.5) is 0 Å². The van der Waals surface area contributed by atoms with Gasteiger partial charge in [0.25, 0.3) is 0 Å². The predicted octanol–water partition coefficient (Wildman–Crippen LogP) is 11.8. The molecule has 0 radical (unpaired) electrons. The fraction of sp³-hybridized carbons (Fsp3) is 0.773. The monoisotopic (exact) mass is 703 g/mol. The molecule has 0 aliphatic carbocycles. The second-order valence-electron chi connectivity index (χ2n) is 14.2. The van der Waals surface area contributed by atoms with Crippen molar-refractivity contribution in [2.24, 2.45) is 5.92 Å². The first-order valence-corrected chi connectivity index (χ1v) is 20.7. The third-order valence-corrected chi connectivity index (χ3v) is 9.21. The Labute approximate surface area is 308 Å². The maximum atomic E-state index is 12.0. The van der Waals surface area contributed by atoms with Crippen molar-refractivity contribution in [2.45, 2.75) is 200 Å². The summed E-state index contributed by atoms with van der Waals surface area (Å²) in [5.74, 6) is 0.137. The van der Waals surface area contributed by atoms with Gasteiger partial charge in [0.15, 0.2) is 0 Å². The molecule has 0 saturated carbocycles. The minimum atomic E-state index is -1.04. The molecular formula is C44H78O6. The van der Waals surface area contributed by atoms with E-state index in [9.17, 15) is 19.8 Å². The maximum absolute atomic E-state index is 12.0. The molecule has 0 aromatic carbocycles. The van der Waals surface area contributed by atoms with Crippen LogP contribution in [0.25, 0.3) is 0 Å². The van der Waals surface area contributed by atoms with Crippen molar-refractivity contribution >= 4 is 11.9 Å². The summed E-state index contributed by atoms with van der Waals surface area (Å²) in [4.78, 5) is 24.0. The lowest BCUT2D eigenvalue weighted by Gasteiger charge is -2.12. The highest BCUT2D eigenvalue weighted by molar-refractivity contribution is 5.69. The standard InChI is InChI=1S/C44H78O6/c1-4-6-7-8-9-10-11-14-18-21-24-27-30-34-41(45)35-32-37-44(48)50-39-42(46)38-49-43(47)36-31-28-25-22-19-16-13-12-15-17-20-23-26-29-33-40(3)5-2/h9-10,14,18,24,27,30,34,40-42,45-46H,4-8,11-13,15-17,19-23,25-26,28-29,31-33,35-39H2,1-3H3/b10-9-,18-14-,27-24-,34-30+/t40?,41-,42-/m1/s1. The van der Waals surface area contributed by atoms with Gasteiger partial charge in [-0.1, -0.05) is 179 Å². The highest BCUT2D eigenvalue weighted by atomic mass is 16.6. The summed E-state index contributed by atoms with van der Waals surface area (Å²) >= 11 is 0. The molecular weight excluding hydrogens is 624 g/mol. The van der Waals surface area contributed by atoms with Gasteiger partial charge in [-0.15, -0.1) is 0 Å². The number of carbonyl (C=O) groups excluding carboxylic acids is 2. The Kier molecular flexibility index (Phi) is 36.4. The number of esters is 2. The van der Waals surface area contributed by atoms with Crippen molar-refractivity contribution in [3.05, 3.63) is 48.6 Å². The van der Waals surface area contributed by atoms with Crippen LogP contribution in [0.3, 0.4) is 0 Å². The van der Waals surface area contributed by atoms with Gasteiger partial charge in [0.2, 0.25) is 0 Å². The van der Waals surface area contributed by atoms with Gasteiger partial charge in [0, 0.05) is 12.8 Å². The first kappa shape index (κ1) is 47.8. The van der Waals surface area contributed by atoms with E-state index in [2.05, 4.69) is 45.1 Å². The second kappa shape index (κ2) is 38.1. The van der Waals surface area contributed by atoms with Crippen molar-refractivity contribution in [3.8, 4) is 0 Å². The van der Waals surface area contributed by atoms with Gasteiger partial charge in [0.05, 0.1) is 6.10 Å². The second-order valence-corrected chi connectivity index (χ2v) is 14.2. The van der Waals surface area contributed by atoms with E-state index in [0.717, 1.165) is 44.4 Å². The largest absolute Gasteiger partial charge is 0.463 e. The van der Waals surface area contributed by atoms with E-state index in [1.807, 2.05) is 18.2 Å². The molecule has 3 atom stereocenters. The van der Waals surface area contributed by atoms with Crippen molar-refractivity contribution < 1.29 is 29.3 Å². The smallest absolute Gasteiger partial charge is 0.305 e. The van der Waals surface area contributed by atoms with Crippen LogP contribution in [0, 0.1) is 5.92 Å². The van der Waals surface area contributed by atoms with Gasteiger partial charge in [0.1, 0.15) is 19.3 Å². The Hall–Kier alpha value is -2.18. The highest BCUT2D eigenvalue weighted by Gasteiger charge is 2.12. The minimum absolute atomic E-state index is 0.157. The van der Waals surface area contributed by atoms with Crippen LogP contribution in [0.1, 0.15) is 188 Å². The summed E-state index contributed by atoms with van der Waals surface area (Å²) in [5.41, 5.74) is 0. The Balaban J connectivity index is 3.60. The lowest BCUT2D eigenvalue weighted by Crippen LogP contribution is -2.25. The number of aliphatic hydroxyl groups is 2. The van der Waals surface area contributed by atoms with Crippen LogP contribution in [0.15, 0.2) is 48.6 Å². The SMILES string of the molecule is CCCCC/C=C\C/C=C\C/C=C\C=C\[C@@H](O)CCCC(=O)OC[C@H](O)COC(=O)CCCCCCCCCCCCCCCCC(C)CC. The topological polar surface area (TPSA) is 93.1 Å². The van der Waals surface area contributed by atoms with Crippen LogP contribution in [0.5, 0.6) is 0 Å². The van der Waals surface area contributed by atoms with Crippen LogP contribution >= 0.6 is 0 Å². The van der Waals surface area contributed by atoms with E-state index in [4.69, 9.17) is 9.47 Å². The number of carbonyl (C=O) groups is 2. The number of allylic oxidation sites excluding steroid dienone is 7. The van der Waals surface area contributed by atoms with Crippen LogP contribution in [-0.4, -0.2) is 47.6 Å². The third-order valence-electron chi connectivity index (χ3n) is 9.21. The van der Waals surface area contributed by atoms with Crippen molar-refractivity contribution in [2.75, 3.05) is 13.2 Å². The maximum Gasteiger partial charge on any atom is 0.305 e. The third kappa shape index (κ3) is 37.1.